The predicted molar refractivity (Wildman–Crippen MR) is 84.4 cm³/mol. The fourth-order valence-electron chi connectivity index (χ4n) is 3.36. The van der Waals surface area contributed by atoms with E-state index in [-0.39, 0.29) is 30.3 Å². The molecular formula is C16H32N2O3. The van der Waals surface area contributed by atoms with E-state index < -0.39 is 5.54 Å². The molecule has 0 spiro atoms. The monoisotopic (exact) mass is 300 g/mol. The summed E-state index contributed by atoms with van der Waals surface area (Å²) < 4.78 is 10.8. The molecule has 0 radical (unpaired) electrons. The summed E-state index contributed by atoms with van der Waals surface area (Å²) in [6.45, 7) is 14.2. The van der Waals surface area contributed by atoms with Crippen molar-refractivity contribution in [2.75, 3.05) is 20.2 Å². The molecule has 21 heavy (non-hydrogen) atoms. The molecule has 1 aliphatic rings. The molecule has 124 valence electrons. The molecule has 0 saturated carbocycles. The van der Waals surface area contributed by atoms with Crippen molar-refractivity contribution in [3.63, 3.8) is 0 Å². The summed E-state index contributed by atoms with van der Waals surface area (Å²) in [6.07, 6.45) is 1.19. The van der Waals surface area contributed by atoms with Crippen LogP contribution in [0.4, 0.5) is 0 Å². The lowest BCUT2D eigenvalue weighted by molar-refractivity contribution is -0.149. The number of rotatable bonds is 6. The minimum atomic E-state index is -0.660. The van der Waals surface area contributed by atoms with Crippen molar-refractivity contribution in [2.24, 2.45) is 0 Å². The Bertz CT molecular complexity index is 338. The number of carbonyl (C=O) groups excluding carboxylic acids is 1. The molecule has 1 rings (SSSR count). The molecule has 1 fully saturated rings. The minimum absolute atomic E-state index is 0.197. The van der Waals surface area contributed by atoms with E-state index in [1.165, 1.54) is 7.11 Å². The van der Waals surface area contributed by atoms with Gasteiger partial charge in [-0.1, -0.05) is 0 Å². The Morgan fingerprint density at radius 1 is 1.33 bits per heavy atom. The van der Waals surface area contributed by atoms with Gasteiger partial charge in [0.2, 0.25) is 0 Å². The zero-order chi connectivity index (χ0) is 16.2. The second-order valence-electron chi connectivity index (χ2n) is 6.89. The molecule has 0 bridgehead atoms. The number of nitrogens with zero attached hydrogens (tertiary/aromatic N) is 1. The molecule has 0 aromatic carbocycles. The number of nitrogens with one attached hydrogen (secondary N) is 1. The molecule has 1 saturated heterocycles. The molecular weight excluding hydrogens is 268 g/mol. The van der Waals surface area contributed by atoms with E-state index in [2.05, 4.69) is 31.0 Å². The van der Waals surface area contributed by atoms with E-state index in [0.29, 0.717) is 0 Å². The fraction of sp³-hybridized carbons (Fsp3) is 0.938. The maximum absolute atomic E-state index is 12.2. The van der Waals surface area contributed by atoms with E-state index in [1.807, 2.05) is 20.8 Å². The lowest BCUT2D eigenvalue weighted by Gasteiger charge is -2.42. The highest BCUT2D eigenvalue weighted by Gasteiger charge is 2.38. The van der Waals surface area contributed by atoms with E-state index in [4.69, 9.17) is 9.47 Å². The molecule has 0 aliphatic carbocycles. The van der Waals surface area contributed by atoms with Gasteiger partial charge in [-0.05, 0) is 48.0 Å². The van der Waals surface area contributed by atoms with E-state index in [9.17, 15) is 4.79 Å². The molecule has 0 amide bonds. The van der Waals surface area contributed by atoms with E-state index >= 15 is 0 Å². The normalized spacial score (nSPS) is 28.2. The molecule has 1 N–H and O–H groups in total. The van der Waals surface area contributed by atoms with Gasteiger partial charge in [0.25, 0.3) is 0 Å². The van der Waals surface area contributed by atoms with Gasteiger partial charge in [0.15, 0.2) is 0 Å². The largest absolute Gasteiger partial charge is 0.468 e. The summed E-state index contributed by atoms with van der Waals surface area (Å²) >= 11 is 0. The second-order valence-corrected chi connectivity index (χ2v) is 6.89. The van der Waals surface area contributed by atoms with Crippen LogP contribution >= 0.6 is 0 Å². The highest BCUT2D eigenvalue weighted by molar-refractivity contribution is 5.80. The maximum atomic E-state index is 12.2. The van der Waals surface area contributed by atoms with Crippen LogP contribution in [0.5, 0.6) is 0 Å². The van der Waals surface area contributed by atoms with E-state index in [1.54, 1.807) is 0 Å². The van der Waals surface area contributed by atoms with Crippen LogP contribution in [0.3, 0.4) is 0 Å². The number of carbonyl (C=O) groups is 1. The maximum Gasteiger partial charge on any atom is 0.325 e. The zero-order valence-corrected chi connectivity index (χ0v) is 14.6. The third-order valence-corrected chi connectivity index (χ3v) is 4.02. The van der Waals surface area contributed by atoms with E-state index in [0.717, 1.165) is 19.5 Å². The Balaban J connectivity index is 2.75. The summed E-state index contributed by atoms with van der Waals surface area (Å²) in [4.78, 5) is 14.6. The lowest BCUT2D eigenvalue weighted by Crippen LogP contribution is -2.58. The zero-order valence-electron chi connectivity index (χ0n) is 14.6. The van der Waals surface area contributed by atoms with Gasteiger partial charge in [-0.25, -0.2) is 0 Å². The predicted octanol–water partition coefficient (Wildman–Crippen LogP) is 1.80. The first kappa shape index (κ1) is 18.4. The Morgan fingerprint density at radius 3 is 2.29 bits per heavy atom. The van der Waals surface area contributed by atoms with Crippen LogP contribution in [0.15, 0.2) is 0 Å². The van der Waals surface area contributed by atoms with Crippen LogP contribution in [0.2, 0.25) is 0 Å². The topological polar surface area (TPSA) is 50.8 Å². The summed E-state index contributed by atoms with van der Waals surface area (Å²) in [5, 5.41) is 3.37. The Morgan fingerprint density at radius 2 is 1.86 bits per heavy atom. The quantitative estimate of drug-likeness (QED) is 0.758. The van der Waals surface area contributed by atoms with Crippen LogP contribution in [0.25, 0.3) is 0 Å². The smallest absolute Gasteiger partial charge is 0.325 e. The van der Waals surface area contributed by atoms with Crippen LogP contribution in [-0.2, 0) is 14.3 Å². The lowest BCUT2D eigenvalue weighted by atomic mass is 9.91. The van der Waals surface area contributed by atoms with Gasteiger partial charge in [0, 0.05) is 25.2 Å². The summed E-state index contributed by atoms with van der Waals surface area (Å²) in [6, 6.07) is 0.512. The Labute approximate surface area is 129 Å². The second kappa shape index (κ2) is 7.56. The average molecular weight is 300 g/mol. The summed E-state index contributed by atoms with van der Waals surface area (Å²) in [5.41, 5.74) is -0.660. The van der Waals surface area contributed by atoms with Crippen molar-refractivity contribution in [3.8, 4) is 0 Å². The fourth-order valence-corrected chi connectivity index (χ4v) is 3.36. The van der Waals surface area contributed by atoms with Crippen molar-refractivity contribution < 1.29 is 14.3 Å². The molecule has 0 aromatic heterocycles. The van der Waals surface area contributed by atoms with Gasteiger partial charge in [-0.3, -0.25) is 15.0 Å². The molecule has 1 aliphatic heterocycles. The van der Waals surface area contributed by atoms with Gasteiger partial charge in [-0.15, -0.1) is 0 Å². The highest BCUT2D eigenvalue weighted by Crippen LogP contribution is 2.22. The van der Waals surface area contributed by atoms with Gasteiger partial charge in [-0.2, -0.15) is 0 Å². The first-order chi connectivity index (χ1) is 9.67. The third kappa shape index (κ3) is 5.24. The number of hydrogen-bond donors (Lipinski definition) is 1. The standard InChI is InChI=1S/C16H32N2O3/c1-11(2)17-16(6,15(19)20-7)8-12(3)18-9-13(4)21-14(5)10-18/h11-14,17H,8-10H2,1-7H3. The van der Waals surface area contributed by atoms with Gasteiger partial charge < -0.3 is 9.47 Å². The van der Waals surface area contributed by atoms with Gasteiger partial charge in [0.1, 0.15) is 5.54 Å². The van der Waals surface area contributed by atoms with Gasteiger partial charge in [0.05, 0.1) is 19.3 Å². The SMILES string of the molecule is COC(=O)C(C)(CC(C)N1CC(C)OC(C)C1)NC(C)C. The molecule has 5 nitrogen and oxygen atoms in total. The molecule has 0 aromatic rings. The van der Waals surface area contributed by atoms with Gasteiger partial charge >= 0.3 is 5.97 Å². The average Bonchev–Trinajstić information content (AvgIpc) is 2.35. The summed E-state index contributed by atoms with van der Waals surface area (Å²) in [7, 11) is 1.45. The van der Waals surface area contributed by atoms with Crippen LogP contribution in [0.1, 0.15) is 48.0 Å². The number of hydrogen-bond acceptors (Lipinski definition) is 5. The molecule has 5 heteroatoms. The molecule has 4 unspecified atom stereocenters. The number of methoxy groups -OCH3 is 1. The number of ether oxygens (including phenoxy) is 2. The Kier molecular flexibility index (Phi) is 6.63. The first-order valence-electron chi connectivity index (χ1n) is 7.93. The number of esters is 1. The third-order valence-electron chi connectivity index (χ3n) is 4.02. The highest BCUT2D eigenvalue weighted by atomic mass is 16.5. The Hall–Kier alpha value is -0.650. The van der Waals surface area contributed by atoms with Crippen LogP contribution in [0, 0.1) is 0 Å². The van der Waals surface area contributed by atoms with Crippen molar-refractivity contribution in [1.29, 1.82) is 0 Å². The van der Waals surface area contributed by atoms with Crippen LogP contribution in [-0.4, -0.2) is 60.9 Å². The summed E-state index contributed by atoms with van der Waals surface area (Å²) in [5.74, 6) is -0.197. The number of morpholine rings is 1. The van der Waals surface area contributed by atoms with Crippen molar-refractivity contribution in [1.82, 2.24) is 10.2 Å². The first-order valence-corrected chi connectivity index (χ1v) is 7.93. The van der Waals surface area contributed by atoms with Crippen molar-refractivity contribution in [2.45, 2.75) is 77.8 Å². The molecule has 1 heterocycles. The van der Waals surface area contributed by atoms with Crippen LogP contribution < -0.4 is 5.32 Å². The minimum Gasteiger partial charge on any atom is -0.468 e. The molecule has 4 atom stereocenters. The van der Waals surface area contributed by atoms with Crippen molar-refractivity contribution >= 4 is 5.97 Å². The van der Waals surface area contributed by atoms with Crippen molar-refractivity contribution in [3.05, 3.63) is 0 Å².